The van der Waals surface area contributed by atoms with E-state index in [0.29, 0.717) is 62.0 Å². The topological polar surface area (TPSA) is 40.6 Å². The number of amides is 2. The van der Waals surface area contributed by atoms with E-state index in [1.807, 2.05) is 75.6 Å². The summed E-state index contributed by atoms with van der Waals surface area (Å²) in [7, 11) is 0. The zero-order valence-corrected chi connectivity index (χ0v) is 37.9. The maximum atomic E-state index is 13.7. The number of hydrogen-bond donors (Lipinski definition) is 0. The molecular formula is C50H66F4N2O2Ti. The molecule has 0 atom stereocenters. The van der Waals surface area contributed by atoms with Crippen LogP contribution in [0.1, 0.15) is 143 Å². The molecule has 2 saturated carbocycles. The normalized spacial score (nSPS) is 16.2. The van der Waals surface area contributed by atoms with Crippen molar-refractivity contribution in [3.8, 4) is 0 Å². The summed E-state index contributed by atoms with van der Waals surface area (Å²) in [5, 5.41) is 0. The first-order valence-electron chi connectivity index (χ1n) is 21.4. The first-order chi connectivity index (χ1) is 27.6. The Kier molecular flexibility index (Phi) is 23.6. The third kappa shape index (κ3) is 19.4. The van der Waals surface area contributed by atoms with Crippen molar-refractivity contribution in [3.63, 3.8) is 0 Å². The van der Waals surface area contributed by atoms with Gasteiger partial charge in [0, 0.05) is 59.3 Å². The Bertz CT molecular complexity index is 1530. The molecule has 9 heteroatoms. The quantitative estimate of drug-likeness (QED) is 0.136. The minimum atomic E-state index is -0.678. The van der Waals surface area contributed by atoms with Crippen LogP contribution in [0, 0.1) is 58.4 Å². The van der Waals surface area contributed by atoms with Gasteiger partial charge < -0.3 is 9.80 Å². The summed E-state index contributed by atoms with van der Waals surface area (Å²) in [6.07, 6.45) is 33.7. The van der Waals surface area contributed by atoms with Gasteiger partial charge in [-0.25, -0.2) is 41.9 Å². The molecule has 0 spiro atoms. The summed E-state index contributed by atoms with van der Waals surface area (Å²) < 4.78 is 53.3. The number of nitrogens with zero attached hydrogens (tertiary/aromatic N) is 2. The van der Waals surface area contributed by atoms with E-state index in [2.05, 4.69) is 36.4 Å². The number of allylic oxidation sites excluding steroid dienone is 8. The fourth-order valence-corrected chi connectivity index (χ4v) is 7.44. The van der Waals surface area contributed by atoms with Gasteiger partial charge in [0.15, 0.2) is 0 Å². The summed E-state index contributed by atoms with van der Waals surface area (Å²) >= 11 is 0. The molecule has 4 aliphatic carbocycles. The number of aryl methyl sites for hydroxylation is 2. The van der Waals surface area contributed by atoms with Gasteiger partial charge in [0.2, 0.25) is 11.8 Å². The molecular weight excluding hydrogens is 784 g/mol. The van der Waals surface area contributed by atoms with Gasteiger partial charge in [-0.15, -0.1) is 48.2 Å². The molecule has 6 rings (SSSR count). The fourth-order valence-electron chi connectivity index (χ4n) is 7.44. The number of carbonyl (C=O) groups is 2. The van der Waals surface area contributed by atoms with Crippen LogP contribution < -0.4 is 0 Å². The molecule has 0 bridgehead atoms. The van der Waals surface area contributed by atoms with Crippen LogP contribution in [0.15, 0.2) is 60.7 Å². The van der Waals surface area contributed by atoms with Crippen LogP contribution in [-0.2, 0) is 44.1 Å². The zero-order valence-electron chi connectivity index (χ0n) is 36.4. The molecule has 4 nitrogen and oxygen atoms in total. The molecule has 2 aromatic rings. The average Bonchev–Trinajstić information content (AvgIpc) is 3.98. The fraction of sp³-hybridized carbons (Fsp3) is 0.560. The van der Waals surface area contributed by atoms with Crippen LogP contribution in [0.2, 0.25) is 0 Å². The van der Waals surface area contributed by atoms with Crippen LogP contribution >= 0.6 is 0 Å². The zero-order chi connectivity index (χ0) is 42.6. The van der Waals surface area contributed by atoms with E-state index in [9.17, 15) is 27.2 Å². The molecule has 0 saturated heterocycles. The van der Waals surface area contributed by atoms with Crippen LogP contribution in [-0.4, -0.2) is 46.8 Å². The molecule has 2 fully saturated rings. The van der Waals surface area contributed by atoms with Crippen molar-refractivity contribution >= 4 is 11.8 Å². The monoisotopic (exact) mass is 850 g/mol. The summed E-state index contributed by atoms with van der Waals surface area (Å²) in [6, 6.07) is 10.2. The van der Waals surface area contributed by atoms with E-state index >= 15 is 0 Å². The van der Waals surface area contributed by atoms with Gasteiger partial charge in [0.1, 0.15) is 0 Å². The Morgan fingerprint density at radius 3 is 1.20 bits per heavy atom. The minimum absolute atomic E-state index is 0. The number of hydrogen-bond acceptors (Lipinski definition) is 2. The molecule has 0 aromatic heterocycles. The predicted molar refractivity (Wildman–Crippen MR) is 226 cm³/mol. The second-order valence-electron chi connectivity index (χ2n) is 17.6. The number of rotatable bonds is 10. The van der Waals surface area contributed by atoms with Crippen LogP contribution in [0.25, 0.3) is 0 Å². The van der Waals surface area contributed by atoms with Crippen LogP contribution in [0.4, 0.5) is 17.6 Å². The van der Waals surface area contributed by atoms with Crippen molar-refractivity contribution in [2.45, 2.75) is 156 Å². The van der Waals surface area contributed by atoms with E-state index in [4.69, 9.17) is 0 Å². The second-order valence-corrected chi connectivity index (χ2v) is 17.6. The Morgan fingerprint density at radius 2 is 0.949 bits per heavy atom. The number of benzene rings is 2. The molecule has 0 radical (unpaired) electrons. The van der Waals surface area contributed by atoms with Crippen molar-refractivity contribution in [2.75, 3.05) is 13.1 Å². The van der Waals surface area contributed by atoms with Gasteiger partial charge in [-0.2, -0.15) is 24.3 Å². The first kappa shape index (κ1) is 51.9. The molecule has 0 N–H and O–H groups in total. The van der Waals surface area contributed by atoms with Gasteiger partial charge in [-0.05, 0) is 38.5 Å². The molecule has 0 unspecified atom stereocenters. The first-order valence-corrected chi connectivity index (χ1v) is 21.4. The standard InChI is InChI=1S/2C20H28F2NO.2C5H5.Ti/c2*1-20(2,3)19(24)23(17-9-5-4-6-10-17)13-7-8-15-11-12-16(21)14-18(15)22;2*1-2-4-5-3-1;/h2*11-12,17H,4-10,13H2,1-3H3;2*1-3H,4H2;/q4*-1;+4. The SMILES string of the molecule is CC(C)(C)C(=O)N(CCCc1ccc(F)[c-]c1F)C1CCCCC1.CC(C)(C)C(=O)N(CCCc1ccc(F)[c-]c1F)C1CCCCC1.[C-]1=CC=CC1.[C-]1=CC=CC1.[Ti+4]. The van der Waals surface area contributed by atoms with Crippen molar-refractivity contribution in [3.05, 3.63) is 119 Å². The maximum absolute atomic E-state index is 13.7. The Balaban J connectivity index is 0.000000323. The smallest absolute Gasteiger partial charge is 0.339 e. The van der Waals surface area contributed by atoms with Crippen molar-refractivity contribution in [1.29, 1.82) is 0 Å². The Morgan fingerprint density at radius 1 is 0.593 bits per heavy atom. The van der Waals surface area contributed by atoms with Crippen LogP contribution in [0.3, 0.4) is 0 Å². The largest absolute Gasteiger partial charge is 4.00 e. The summed E-state index contributed by atoms with van der Waals surface area (Å²) in [5.41, 5.74) is 0.102. The van der Waals surface area contributed by atoms with Gasteiger partial charge in [-0.1, -0.05) is 92.9 Å². The predicted octanol–water partition coefficient (Wildman–Crippen LogP) is 12.4. The molecule has 4 aliphatic rings. The second kappa shape index (κ2) is 26.9. The molecule has 0 heterocycles. The van der Waals surface area contributed by atoms with E-state index in [-0.39, 0.29) is 33.5 Å². The Labute approximate surface area is 368 Å². The van der Waals surface area contributed by atoms with E-state index in [1.54, 1.807) is 0 Å². The molecule has 2 aromatic carbocycles. The Hall–Kier alpha value is -3.23. The molecule has 0 aliphatic heterocycles. The summed E-state index contributed by atoms with van der Waals surface area (Å²) in [6.45, 7) is 12.9. The third-order valence-corrected chi connectivity index (χ3v) is 10.6. The maximum Gasteiger partial charge on any atom is 4.00 e. The van der Waals surface area contributed by atoms with E-state index in [1.165, 1.54) is 62.8 Å². The van der Waals surface area contributed by atoms with Crippen molar-refractivity contribution in [1.82, 2.24) is 9.80 Å². The summed E-state index contributed by atoms with van der Waals surface area (Å²) in [5.74, 6) is -2.27. The van der Waals surface area contributed by atoms with Gasteiger partial charge in [-0.3, -0.25) is 21.7 Å². The molecule has 320 valence electrons. The van der Waals surface area contributed by atoms with E-state index in [0.717, 1.165) is 38.5 Å². The number of halogens is 4. The summed E-state index contributed by atoms with van der Waals surface area (Å²) in [4.78, 5) is 29.6. The van der Waals surface area contributed by atoms with Crippen LogP contribution in [0.5, 0.6) is 0 Å². The molecule has 59 heavy (non-hydrogen) atoms. The minimum Gasteiger partial charge on any atom is -0.339 e. The van der Waals surface area contributed by atoms with Crippen molar-refractivity contribution < 1.29 is 48.9 Å². The average molecular weight is 851 g/mol. The van der Waals surface area contributed by atoms with Gasteiger partial charge >= 0.3 is 21.7 Å². The van der Waals surface area contributed by atoms with E-state index < -0.39 is 34.1 Å². The van der Waals surface area contributed by atoms with Crippen molar-refractivity contribution in [2.24, 2.45) is 10.8 Å². The number of carbonyl (C=O) groups excluding carboxylic acids is 2. The van der Waals surface area contributed by atoms with Gasteiger partial charge in [0.05, 0.1) is 0 Å². The third-order valence-electron chi connectivity index (χ3n) is 10.6. The van der Waals surface area contributed by atoms with Gasteiger partial charge in [0.25, 0.3) is 0 Å². The molecule has 2 amide bonds.